The fourth-order valence-electron chi connectivity index (χ4n) is 2.08. The van der Waals surface area contributed by atoms with Crippen molar-refractivity contribution in [3.05, 3.63) is 30.5 Å². The molecule has 0 aliphatic carbocycles. The van der Waals surface area contributed by atoms with Crippen LogP contribution in [0.4, 0.5) is 11.5 Å². The van der Waals surface area contributed by atoms with Crippen molar-refractivity contribution in [1.82, 2.24) is 9.78 Å². The smallest absolute Gasteiger partial charge is 0.129 e. The van der Waals surface area contributed by atoms with Gasteiger partial charge in [0.05, 0.1) is 19.1 Å². The maximum Gasteiger partial charge on any atom is 0.129 e. The van der Waals surface area contributed by atoms with Gasteiger partial charge < -0.3 is 10.6 Å². The number of nitrogens with two attached hydrogens (primary N) is 1. The maximum absolute atomic E-state index is 5.96. The zero-order chi connectivity index (χ0) is 12.5. The monoisotopic (exact) mass is 241 g/mol. The van der Waals surface area contributed by atoms with Crippen molar-refractivity contribution in [3.8, 4) is 11.1 Å². The van der Waals surface area contributed by atoms with Crippen molar-refractivity contribution >= 4 is 17.8 Å². The summed E-state index contributed by atoms with van der Waals surface area (Å²) in [4.78, 5) is 6.34. The van der Waals surface area contributed by atoms with Crippen LogP contribution in [0, 0.1) is 0 Å². The first-order valence-corrected chi connectivity index (χ1v) is 5.90. The van der Waals surface area contributed by atoms with Crippen LogP contribution in [0.5, 0.6) is 0 Å². The van der Waals surface area contributed by atoms with Crippen LogP contribution in [0.25, 0.3) is 11.1 Å². The second kappa shape index (κ2) is 4.18. The van der Waals surface area contributed by atoms with Gasteiger partial charge in [-0.05, 0) is 17.7 Å². The first-order valence-electron chi connectivity index (χ1n) is 5.90. The van der Waals surface area contributed by atoms with Gasteiger partial charge >= 0.3 is 0 Å². The number of anilines is 2. The lowest BCUT2D eigenvalue weighted by atomic mass is 10.1. The third-order valence-electron chi connectivity index (χ3n) is 3.19. The average molecular weight is 241 g/mol. The molecule has 92 valence electrons. The summed E-state index contributed by atoms with van der Waals surface area (Å²) in [5.74, 6) is 0.686. The fraction of sp³-hybridized carbons (Fsp3) is 0.231. The molecule has 2 N–H and O–H groups in total. The lowest BCUT2D eigenvalue weighted by Gasteiger charge is -2.14. The fourth-order valence-corrected chi connectivity index (χ4v) is 2.08. The van der Waals surface area contributed by atoms with Gasteiger partial charge in [0.2, 0.25) is 0 Å². The van der Waals surface area contributed by atoms with E-state index in [4.69, 9.17) is 5.73 Å². The van der Waals surface area contributed by atoms with Gasteiger partial charge in [-0.2, -0.15) is 5.10 Å². The van der Waals surface area contributed by atoms with Crippen molar-refractivity contribution in [1.29, 1.82) is 0 Å². The van der Waals surface area contributed by atoms with Crippen molar-refractivity contribution in [2.75, 3.05) is 23.7 Å². The second-order valence-electron chi connectivity index (χ2n) is 4.33. The van der Waals surface area contributed by atoms with E-state index < -0.39 is 0 Å². The van der Waals surface area contributed by atoms with Crippen molar-refractivity contribution in [2.45, 2.75) is 0 Å². The topological polar surface area (TPSA) is 59.4 Å². The highest BCUT2D eigenvalue weighted by Gasteiger charge is 2.10. The van der Waals surface area contributed by atoms with Crippen molar-refractivity contribution in [2.24, 2.45) is 12.0 Å². The molecule has 1 aliphatic heterocycles. The average Bonchev–Trinajstić information content (AvgIpc) is 3.02. The van der Waals surface area contributed by atoms with Crippen LogP contribution in [0.2, 0.25) is 0 Å². The zero-order valence-electron chi connectivity index (χ0n) is 10.2. The van der Waals surface area contributed by atoms with Gasteiger partial charge in [0, 0.05) is 24.8 Å². The van der Waals surface area contributed by atoms with E-state index in [0.717, 1.165) is 29.9 Å². The summed E-state index contributed by atoms with van der Waals surface area (Å²) in [6.45, 7) is 1.83. The Morgan fingerprint density at radius 1 is 1.22 bits per heavy atom. The molecule has 2 heterocycles. The Bertz CT molecular complexity index is 582. The van der Waals surface area contributed by atoms with Gasteiger partial charge in [0.1, 0.15) is 5.82 Å². The molecule has 0 saturated carbocycles. The summed E-state index contributed by atoms with van der Waals surface area (Å²) < 4.78 is 1.68. The highest BCUT2D eigenvalue weighted by atomic mass is 15.3. The predicted molar refractivity (Wildman–Crippen MR) is 73.8 cm³/mol. The SMILES string of the molecule is Cn1ncc(-c2ccc(N3C=NCC3)cc2)c1N. The van der Waals surface area contributed by atoms with E-state index in [0.29, 0.717) is 5.82 Å². The third kappa shape index (κ3) is 1.73. The van der Waals surface area contributed by atoms with Crippen molar-refractivity contribution in [3.63, 3.8) is 0 Å². The summed E-state index contributed by atoms with van der Waals surface area (Å²) >= 11 is 0. The van der Waals surface area contributed by atoms with E-state index in [1.54, 1.807) is 10.9 Å². The standard InChI is InChI=1S/C13H15N5/c1-17-13(14)12(8-16-17)10-2-4-11(5-3-10)18-7-6-15-9-18/h2-5,8-9H,6-7,14H2,1H3. The molecule has 0 saturated heterocycles. The first-order chi connectivity index (χ1) is 8.75. The van der Waals surface area contributed by atoms with Crippen LogP contribution in [-0.2, 0) is 7.05 Å². The van der Waals surface area contributed by atoms with Crippen LogP contribution < -0.4 is 10.6 Å². The Morgan fingerprint density at radius 2 is 2.00 bits per heavy atom. The number of aromatic nitrogens is 2. The Labute approximate surface area is 106 Å². The molecule has 0 atom stereocenters. The molecule has 1 aromatic heterocycles. The molecule has 1 aliphatic rings. The molecule has 1 aromatic carbocycles. The molecule has 0 unspecified atom stereocenters. The molecule has 0 amide bonds. The van der Waals surface area contributed by atoms with Gasteiger partial charge in [-0.15, -0.1) is 0 Å². The lowest BCUT2D eigenvalue weighted by Crippen LogP contribution is -2.17. The number of benzene rings is 1. The molecule has 3 rings (SSSR count). The van der Waals surface area contributed by atoms with Gasteiger partial charge in [-0.3, -0.25) is 9.67 Å². The molecular formula is C13H15N5. The summed E-state index contributed by atoms with van der Waals surface area (Å²) in [7, 11) is 1.84. The van der Waals surface area contributed by atoms with Gasteiger partial charge in [0.15, 0.2) is 0 Å². The zero-order valence-corrected chi connectivity index (χ0v) is 10.2. The summed E-state index contributed by atoms with van der Waals surface area (Å²) in [5, 5.41) is 4.15. The Balaban J connectivity index is 1.91. The van der Waals surface area contributed by atoms with Crippen LogP contribution in [0.15, 0.2) is 35.5 Å². The van der Waals surface area contributed by atoms with Gasteiger partial charge in [-0.1, -0.05) is 12.1 Å². The van der Waals surface area contributed by atoms with Crippen LogP contribution in [0.1, 0.15) is 0 Å². The number of nitrogens with zero attached hydrogens (tertiary/aromatic N) is 4. The van der Waals surface area contributed by atoms with E-state index in [-0.39, 0.29) is 0 Å². The highest BCUT2D eigenvalue weighted by Crippen LogP contribution is 2.27. The Morgan fingerprint density at radius 3 is 2.56 bits per heavy atom. The highest BCUT2D eigenvalue weighted by molar-refractivity contribution is 5.82. The Kier molecular flexibility index (Phi) is 2.51. The van der Waals surface area contributed by atoms with Crippen LogP contribution in [-0.4, -0.2) is 29.2 Å². The van der Waals surface area contributed by atoms with Gasteiger partial charge in [-0.25, -0.2) is 0 Å². The summed E-state index contributed by atoms with van der Waals surface area (Å²) in [6, 6.07) is 8.29. The number of hydrogen-bond acceptors (Lipinski definition) is 4. The molecule has 0 fully saturated rings. The molecule has 18 heavy (non-hydrogen) atoms. The van der Waals surface area contributed by atoms with Crippen LogP contribution in [0.3, 0.4) is 0 Å². The normalized spacial score (nSPS) is 14.4. The molecule has 0 radical (unpaired) electrons. The minimum atomic E-state index is 0.686. The second-order valence-corrected chi connectivity index (χ2v) is 4.33. The van der Waals surface area contributed by atoms with Gasteiger partial charge in [0.25, 0.3) is 0 Å². The quantitative estimate of drug-likeness (QED) is 0.867. The number of aliphatic imine (C=N–C) groups is 1. The summed E-state index contributed by atoms with van der Waals surface area (Å²) in [5.41, 5.74) is 9.17. The lowest BCUT2D eigenvalue weighted by molar-refractivity contribution is 0.779. The van der Waals surface area contributed by atoms with Crippen LogP contribution >= 0.6 is 0 Å². The molecule has 0 bridgehead atoms. The number of nitrogen functional groups attached to an aromatic ring is 1. The molecule has 0 spiro atoms. The third-order valence-corrected chi connectivity index (χ3v) is 3.19. The number of rotatable bonds is 2. The van der Waals surface area contributed by atoms with E-state index in [2.05, 4.69) is 39.3 Å². The maximum atomic E-state index is 5.96. The molecular weight excluding hydrogens is 226 g/mol. The van der Waals surface area contributed by atoms with E-state index in [9.17, 15) is 0 Å². The van der Waals surface area contributed by atoms with E-state index >= 15 is 0 Å². The molecule has 5 nitrogen and oxygen atoms in total. The van der Waals surface area contributed by atoms with E-state index in [1.165, 1.54) is 0 Å². The molecule has 5 heteroatoms. The van der Waals surface area contributed by atoms with Crippen molar-refractivity contribution < 1.29 is 0 Å². The summed E-state index contributed by atoms with van der Waals surface area (Å²) in [6.07, 6.45) is 3.68. The largest absolute Gasteiger partial charge is 0.383 e. The number of hydrogen-bond donors (Lipinski definition) is 1. The number of aryl methyl sites for hydroxylation is 1. The minimum Gasteiger partial charge on any atom is -0.383 e. The Hall–Kier alpha value is -2.30. The predicted octanol–water partition coefficient (Wildman–Crippen LogP) is 1.52. The molecule has 2 aromatic rings. The first kappa shape index (κ1) is 10.8. The minimum absolute atomic E-state index is 0.686. The van der Waals surface area contributed by atoms with E-state index in [1.807, 2.05) is 13.4 Å².